The Bertz CT molecular complexity index is 879. The summed E-state index contributed by atoms with van der Waals surface area (Å²) in [6, 6.07) is 9.56. The molecule has 1 aromatic carbocycles. The maximum Gasteiger partial charge on any atom is 0.410 e. The number of rotatable bonds is 2. The predicted molar refractivity (Wildman–Crippen MR) is 85.0 cm³/mol. The summed E-state index contributed by atoms with van der Waals surface area (Å²) in [5, 5.41) is 10.6. The van der Waals surface area contributed by atoms with Crippen molar-refractivity contribution in [3.8, 4) is 5.88 Å². The quantitative estimate of drug-likeness (QED) is 0.783. The van der Waals surface area contributed by atoms with Gasteiger partial charge in [-0.2, -0.15) is 0 Å². The molecule has 0 saturated carbocycles. The molecule has 6 nitrogen and oxygen atoms in total. The number of aromatic nitrogens is 2. The van der Waals surface area contributed by atoms with Crippen LogP contribution in [0.3, 0.4) is 0 Å². The number of carbonyl (C=O) groups excluding carboxylic acids is 1. The molecule has 7 heteroatoms. The van der Waals surface area contributed by atoms with Crippen molar-refractivity contribution in [1.82, 2.24) is 14.9 Å². The lowest BCUT2D eigenvalue weighted by atomic mass is 10.2. The van der Waals surface area contributed by atoms with E-state index >= 15 is 0 Å². The van der Waals surface area contributed by atoms with Crippen LogP contribution in [0.15, 0.2) is 36.7 Å². The van der Waals surface area contributed by atoms with Crippen molar-refractivity contribution in [3.63, 3.8) is 0 Å². The first-order chi connectivity index (χ1) is 11.2. The van der Waals surface area contributed by atoms with Gasteiger partial charge in [-0.05, 0) is 5.56 Å². The molecule has 0 atom stereocenters. The molecule has 0 radical (unpaired) electrons. The molecule has 0 saturated heterocycles. The fourth-order valence-corrected chi connectivity index (χ4v) is 3.83. The van der Waals surface area contributed by atoms with E-state index in [1.165, 1.54) is 17.7 Å². The van der Waals surface area contributed by atoms with Crippen molar-refractivity contribution in [2.24, 2.45) is 0 Å². The van der Waals surface area contributed by atoms with Gasteiger partial charge in [0, 0.05) is 10.4 Å². The highest BCUT2D eigenvalue weighted by Gasteiger charge is 2.30. The molecular weight excluding hydrogens is 314 g/mol. The predicted octanol–water partition coefficient (Wildman–Crippen LogP) is 3.05. The zero-order chi connectivity index (χ0) is 15.8. The lowest BCUT2D eigenvalue weighted by molar-refractivity contribution is 0.0957. The van der Waals surface area contributed by atoms with Gasteiger partial charge in [-0.3, -0.25) is 4.90 Å². The second kappa shape index (κ2) is 5.51. The minimum Gasteiger partial charge on any atom is -0.493 e. The van der Waals surface area contributed by atoms with Crippen LogP contribution >= 0.6 is 11.3 Å². The molecule has 116 valence electrons. The van der Waals surface area contributed by atoms with Crippen LogP contribution in [-0.2, 0) is 24.4 Å². The first-order valence-corrected chi connectivity index (χ1v) is 7.94. The average molecular weight is 327 g/mol. The second-order valence-corrected chi connectivity index (χ2v) is 6.36. The van der Waals surface area contributed by atoms with Crippen LogP contribution in [0.4, 0.5) is 4.79 Å². The number of carbonyl (C=O) groups is 1. The molecule has 4 rings (SSSR count). The fraction of sp³-hybridized carbons (Fsp3) is 0.188. The number of hydrogen-bond acceptors (Lipinski definition) is 6. The Morgan fingerprint density at radius 3 is 2.91 bits per heavy atom. The highest BCUT2D eigenvalue weighted by Crippen LogP contribution is 2.39. The topological polar surface area (TPSA) is 75.5 Å². The third-order valence-corrected chi connectivity index (χ3v) is 4.92. The van der Waals surface area contributed by atoms with Crippen LogP contribution in [0.25, 0.3) is 10.2 Å². The van der Waals surface area contributed by atoms with Gasteiger partial charge in [0.15, 0.2) is 0 Å². The molecule has 3 heterocycles. The molecule has 1 aliphatic rings. The van der Waals surface area contributed by atoms with Gasteiger partial charge < -0.3 is 9.84 Å². The van der Waals surface area contributed by atoms with Gasteiger partial charge in [0.1, 0.15) is 17.8 Å². The maximum atomic E-state index is 12.2. The van der Waals surface area contributed by atoms with E-state index in [2.05, 4.69) is 9.97 Å². The largest absolute Gasteiger partial charge is 0.493 e. The lowest BCUT2D eigenvalue weighted by Gasteiger charge is -2.15. The lowest BCUT2D eigenvalue weighted by Crippen LogP contribution is -2.26. The van der Waals surface area contributed by atoms with E-state index in [9.17, 15) is 9.90 Å². The Balaban J connectivity index is 1.48. The molecule has 0 aliphatic carbocycles. The van der Waals surface area contributed by atoms with E-state index in [1.54, 1.807) is 4.90 Å². The molecule has 0 spiro atoms. The molecule has 0 unspecified atom stereocenters. The smallest absolute Gasteiger partial charge is 0.410 e. The van der Waals surface area contributed by atoms with Gasteiger partial charge in [0.05, 0.1) is 18.5 Å². The van der Waals surface area contributed by atoms with Crippen molar-refractivity contribution in [2.45, 2.75) is 19.7 Å². The molecule has 23 heavy (non-hydrogen) atoms. The van der Waals surface area contributed by atoms with E-state index in [0.29, 0.717) is 18.5 Å². The molecular formula is C16H13N3O3S. The molecule has 2 aromatic heterocycles. The van der Waals surface area contributed by atoms with Crippen LogP contribution in [0, 0.1) is 0 Å². The van der Waals surface area contributed by atoms with Crippen molar-refractivity contribution < 1.29 is 14.6 Å². The van der Waals surface area contributed by atoms with Crippen LogP contribution in [0.2, 0.25) is 0 Å². The maximum absolute atomic E-state index is 12.2. The molecule has 0 bridgehead atoms. The van der Waals surface area contributed by atoms with E-state index in [4.69, 9.17) is 4.74 Å². The zero-order valence-corrected chi connectivity index (χ0v) is 12.9. The van der Waals surface area contributed by atoms with Gasteiger partial charge in [0.25, 0.3) is 0 Å². The van der Waals surface area contributed by atoms with Crippen molar-refractivity contribution in [3.05, 3.63) is 52.7 Å². The Labute approximate surface area is 136 Å². The number of amides is 1. The highest BCUT2D eigenvalue weighted by atomic mass is 32.1. The van der Waals surface area contributed by atoms with Gasteiger partial charge in [-0.25, -0.2) is 14.8 Å². The fourth-order valence-electron chi connectivity index (χ4n) is 2.67. The standard InChI is InChI=1S/C16H13N3O3S/c20-14-13-11-6-19(7-12(11)23-15(13)18-9-17-14)16(21)22-8-10-4-2-1-3-5-10/h1-5,9H,6-8H2,(H,17,18,20). The van der Waals surface area contributed by atoms with Crippen molar-refractivity contribution >= 4 is 27.6 Å². The molecule has 3 aromatic rings. The number of aromatic hydroxyl groups is 1. The zero-order valence-electron chi connectivity index (χ0n) is 12.1. The Morgan fingerprint density at radius 1 is 1.26 bits per heavy atom. The van der Waals surface area contributed by atoms with Crippen molar-refractivity contribution in [2.75, 3.05) is 0 Å². The first-order valence-electron chi connectivity index (χ1n) is 7.12. The van der Waals surface area contributed by atoms with Gasteiger partial charge in [-0.1, -0.05) is 30.3 Å². The summed E-state index contributed by atoms with van der Waals surface area (Å²) in [6.07, 6.45) is 0.983. The van der Waals surface area contributed by atoms with E-state index in [-0.39, 0.29) is 18.6 Å². The summed E-state index contributed by atoms with van der Waals surface area (Å²) in [7, 11) is 0. The third-order valence-electron chi connectivity index (χ3n) is 3.80. The SMILES string of the molecule is O=C(OCc1ccccc1)N1Cc2sc3ncnc(O)c3c2C1. The Hall–Kier alpha value is -2.67. The van der Waals surface area contributed by atoms with E-state index in [1.807, 2.05) is 30.3 Å². The summed E-state index contributed by atoms with van der Waals surface area (Å²) >= 11 is 1.48. The van der Waals surface area contributed by atoms with E-state index in [0.717, 1.165) is 20.8 Å². The number of fused-ring (bicyclic) bond motifs is 3. The average Bonchev–Trinajstić information content (AvgIpc) is 3.11. The summed E-state index contributed by atoms with van der Waals surface area (Å²) in [5.41, 5.74) is 1.87. The number of benzene rings is 1. The van der Waals surface area contributed by atoms with Gasteiger partial charge in [-0.15, -0.1) is 11.3 Å². The monoisotopic (exact) mass is 327 g/mol. The van der Waals surface area contributed by atoms with Crippen LogP contribution in [0.1, 0.15) is 16.0 Å². The molecule has 0 fully saturated rings. The molecule has 1 aliphatic heterocycles. The second-order valence-electron chi connectivity index (χ2n) is 5.28. The third kappa shape index (κ3) is 2.49. The summed E-state index contributed by atoms with van der Waals surface area (Å²) in [4.78, 5) is 23.6. The van der Waals surface area contributed by atoms with Crippen molar-refractivity contribution in [1.29, 1.82) is 0 Å². The normalized spacial score (nSPS) is 13.3. The van der Waals surface area contributed by atoms with Crippen LogP contribution < -0.4 is 0 Å². The van der Waals surface area contributed by atoms with E-state index < -0.39 is 0 Å². The molecule has 1 N–H and O–H groups in total. The number of hydrogen-bond donors (Lipinski definition) is 1. The molecule has 1 amide bonds. The number of thiophene rings is 1. The van der Waals surface area contributed by atoms with Crippen LogP contribution in [0.5, 0.6) is 5.88 Å². The summed E-state index contributed by atoms with van der Waals surface area (Å²) < 4.78 is 5.35. The Kier molecular flexibility index (Phi) is 3.34. The highest BCUT2D eigenvalue weighted by molar-refractivity contribution is 7.18. The number of nitrogens with zero attached hydrogens (tertiary/aromatic N) is 3. The minimum absolute atomic E-state index is 0.0352. The number of ether oxygens (including phenoxy) is 1. The summed E-state index contributed by atoms with van der Waals surface area (Å²) in [5.74, 6) is -0.0352. The first kappa shape index (κ1) is 14.0. The van der Waals surface area contributed by atoms with Crippen LogP contribution in [-0.4, -0.2) is 26.1 Å². The van der Waals surface area contributed by atoms with Gasteiger partial charge >= 0.3 is 6.09 Å². The summed E-state index contributed by atoms with van der Waals surface area (Å²) in [6.45, 7) is 1.13. The minimum atomic E-state index is -0.359. The van der Waals surface area contributed by atoms with Gasteiger partial charge in [0.2, 0.25) is 5.88 Å². The Morgan fingerprint density at radius 2 is 2.09 bits per heavy atom.